The number of rotatable bonds is 4. The second-order valence-corrected chi connectivity index (χ2v) is 6.17. The van der Waals surface area contributed by atoms with Crippen LogP contribution in [0.2, 0.25) is 0 Å². The molecule has 0 bridgehead atoms. The van der Waals surface area contributed by atoms with E-state index in [1.165, 1.54) is 20.9 Å². The van der Waals surface area contributed by atoms with Gasteiger partial charge in [0.1, 0.15) is 0 Å². The Hall–Kier alpha value is -0.900. The molecule has 94 valence electrons. The molecule has 0 aliphatic rings. The molecule has 2 aromatic rings. The van der Waals surface area contributed by atoms with Crippen molar-refractivity contribution in [3.8, 4) is 10.4 Å². The third-order valence-electron chi connectivity index (χ3n) is 2.61. The molecule has 1 aromatic carbocycles. The highest BCUT2D eigenvalue weighted by Crippen LogP contribution is 2.34. The highest BCUT2D eigenvalue weighted by molar-refractivity contribution is 9.10. The van der Waals surface area contributed by atoms with E-state index in [-0.39, 0.29) is 0 Å². The lowest BCUT2D eigenvalue weighted by Crippen LogP contribution is -2.08. The van der Waals surface area contributed by atoms with Crippen LogP contribution in [0.1, 0.15) is 11.8 Å². The summed E-state index contributed by atoms with van der Waals surface area (Å²) < 4.78 is 1.15. The molecule has 0 aliphatic heterocycles. The summed E-state index contributed by atoms with van der Waals surface area (Å²) in [5.74, 6) is 0. The molecule has 0 saturated carbocycles. The summed E-state index contributed by atoms with van der Waals surface area (Å²) in [6.45, 7) is 3.08. The molecular weight excluding hydrogens is 306 g/mol. The van der Waals surface area contributed by atoms with Crippen LogP contribution >= 0.6 is 27.3 Å². The van der Waals surface area contributed by atoms with Crippen molar-refractivity contribution >= 4 is 33.3 Å². The van der Waals surface area contributed by atoms with Crippen LogP contribution in [0.25, 0.3) is 16.5 Å². The van der Waals surface area contributed by atoms with Crippen molar-refractivity contribution < 1.29 is 0 Å². The van der Waals surface area contributed by atoms with Crippen molar-refractivity contribution in [2.24, 2.45) is 0 Å². The molecule has 18 heavy (non-hydrogen) atoms. The van der Waals surface area contributed by atoms with Crippen molar-refractivity contribution in [1.82, 2.24) is 5.32 Å². The quantitative estimate of drug-likeness (QED) is 0.852. The van der Waals surface area contributed by atoms with Gasteiger partial charge in [-0.3, -0.25) is 0 Å². The first kappa shape index (κ1) is 13.5. The van der Waals surface area contributed by atoms with Gasteiger partial charge in [-0.25, -0.2) is 0 Å². The molecule has 0 fully saturated rings. The summed E-state index contributed by atoms with van der Waals surface area (Å²) in [5.41, 5.74) is 2.60. The second-order valence-electron chi connectivity index (χ2n) is 4.20. The SMILES string of the molecule is CNCC(C)=Cc1ccc(-c2ccccc2Br)s1. The third kappa shape index (κ3) is 3.31. The van der Waals surface area contributed by atoms with E-state index in [1.807, 2.05) is 24.5 Å². The highest BCUT2D eigenvalue weighted by Gasteiger charge is 2.04. The van der Waals surface area contributed by atoms with E-state index in [2.05, 4.69) is 64.6 Å². The van der Waals surface area contributed by atoms with Crippen LogP contribution in [0, 0.1) is 0 Å². The minimum atomic E-state index is 0.933. The number of hydrogen-bond donors (Lipinski definition) is 1. The first-order chi connectivity index (χ1) is 8.70. The topological polar surface area (TPSA) is 12.0 Å². The fourth-order valence-corrected chi connectivity index (χ4v) is 3.51. The van der Waals surface area contributed by atoms with Crippen molar-refractivity contribution in [3.63, 3.8) is 0 Å². The van der Waals surface area contributed by atoms with Crippen LogP contribution in [0.3, 0.4) is 0 Å². The van der Waals surface area contributed by atoms with Gasteiger partial charge >= 0.3 is 0 Å². The minimum Gasteiger partial charge on any atom is -0.316 e. The summed E-state index contributed by atoms with van der Waals surface area (Å²) in [6.07, 6.45) is 2.24. The fourth-order valence-electron chi connectivity index (χ4n) is 1.81. The first-order valence-corrected chi connectivity index (χ1v) is 7.48. The van der Waals surface area contributed by atoms with Gasteiger partial charge in [0, 0.05) is 26.3 Å². The molecule has 0 atom stereocenters. The van der Waals surface area contributed by atoms with Crippen molar-refractivity contribution in [1.29, 1.82) is 0 Å². The molecular formula is C15H16BrNS. The number of hydrogen-bond acceptors (Lipinski definition) is 2. The van der Waals surface area contributed by atoms with Gasteiger partial charge < -0.3 is 5.32 Å². The average molecular weight is 322 g/mol. The van der Waals surface area contributed by atoms with Gasteiger partial charge in [-0.05, 0) is 38.2 Å². The molecule has 1 aromatic heterocycles. The Morgan fingerprint density at radius 2 is 2.06 bits per heavy atom. The molecule has 3 heteroatoms. The molecule has 1 heterocycles. The Bertz CT molecular complexity index is 557. The zero-order chi connectivity index (χ0) is 13.0. The summed E-state index contributed by atoms with van der Waals surface area (Å²) in [5, 5.41) is 3.16. The Labute approximate surface area is 121 Å². The van der Waals surface area contributed by atoms with E-state index in [0.29, 0.717) is 0 Å². The Morgan fingerprint density at radius 3 is 2.78 bits per heavy atom. The van der Waals surface area contributed by atoms with Gasteiger partial charge in [-0.15, -0.1) is 11.3 Å². The van der Waals surface area contributed by atoms with E-state index in [0.717, 1.165) is 11.0 Å². The first-order valence-electron chi connectivity index (χ1n) is 5.87. The van der Waals surface area contributed by atoms with Crippen LogP contribution in [-0.4, -0.2) is 13.6 Å². The van der Waals surface area contributed by atoms with E-state index < -0.39 is 0 Å². The normalized spacial score (nSPS) is 11.8. The van der Waals surface area contributed by atoms with Gasteiger partial charge in [0.15, 0.2) is 0 Å². The van der Waals surface area contributed by atoms with E-state index in [4.69, 9.17) is 0 Å². The average Bonchev–Trinajstić information content (AvgIpc) is 2.78. The summed E-state index contributed by atoms with van der Waals surface area (Å²) >= 11 is 5.42. The molecule has 0 spiro atoms. The van der Waals surface area contributed by atoms with Gasteiger partial charge in [0.05, 0.1) is 0 Å². The van der Waals surface area contributed by atoms with Crippen LogP contribution in [0.5, 0.6) is 0 Å². The highest BCUT2D eigenvalue weighted by atomic mass is 79.9. The molecule has 0 radical (unpaired) electrons. The predicted molar refractivity (Wildman–Crippen MR) is 85.0 cm³/mol. The van der Waals surface area contributed by atoms with Crippen molar-refractivity contribution in [2.45, 2.75) is 6.92 Å². The Morgan fingerprint density at radius 1 is 1.28 bits per heavy atom. The van der Waals surface area contributed by atoms with Crippen molar-refractivity contribution in [3.05, 3.63) is 51.3 Å². The lowest BCUT2D eigenvalue weighted by Gasteiger charge is -2.00. The Balaban J connectivity index is 2.26. The zero-order valence-corrected chi connectivity index (χ0v) is 12.9. The Kier molecular flexibility index (Phi) is 4.75. The monoisotopic (exact) mass is 321 g/mol. The van der Waals surface area contributed by atoms with Crippen molar-refractivity contribution in [2.75, 3.05) is 13.6 Å². The predicted octanol–water partition coefficient (Wildman–Crippen LogP) is 4.80. The van der Waals surface area contributed by atoms with Crippen LogP contribution in [0.15, 0.2) is 46.4 Å². The number of thiophene rings is 1. The zero-order valence-electron chi connectivity index (χ0n) is 10.5. The minimum absolute atomic E-state index is 0.933. The third-order valence-corrected chi connectivity index (χ3v) is 4.37. The number of nitrogens with one attached hydrogen (secondary N) is 1. The lowest BCUT2D eigenvalue weighted by molar-refractivity contribution is 0.885. The number of halogens is 1. The maximum Gasteiger partial charge on any atom is 0.0360 e. The molecule has 0 amide bonds. The number of likely N-dealkylation sites (N-methyl/N-ethyl adjacent to an activating group) is 1. The molecule has 0 aliphatic carbocycles. The van der Waals surface area contributed by atoms with Crippen LogP contribution in [-0.2, 0) is 0 Å². The fraction of sp³-hybridized carbons (Fsp3) is 0.200. The van der Waals surface area contributed by atoms with Gasteiger partial charge in [0.2, 0.25) is 0 Å². The van der Waals surface area contributed by atoms with E-state index >= 15 is 0 Å². The summed E-state index contributed by atoms with van der Waals surface area (Å²) in [6, 6.07) is 12.7. The molecule has 0 saturated heterocycles. The van der Waals surface area contributed by atoms with Gasteiger partial charge in [0.25, 0.3) is 0 Å². The van der Waals surface area contributed by atoms with Gasteiger partial charge in [-0.1, -0.05) is 39.7 Å². The molecule has 1 N–H and O–H groups in total. The summed E-state index contributed by atoms with van der Waals surface area (Å²) in [4.78, 5) is 2.60. The maximum atomic E-state index is 3.60. The number of benzene rings is 1. The van der Waals surface area contributed by atoms with E-state index in [1.54, 1.807) is 0 Å². The van der Waals surface area contributed by atoms with Gasteiger partial charge in [-0.2, -0.15) is 0 Å². The second kappa shape index (κ2) is 6.32. The molecule has 2 rings (SSSR count). The standard InChI is InChI=1S/C15H16BrNS/c1-11(10-17-2)9-12-7-8-15(18-12)13-5-3-4-6-14(13)16/h3-9,17H,10H2,1-2H3. The largest absolute Gasteiger partial charge is 0.316 e. The molecule has 0 unspecified atom stereocenters. The molecule has 1 nitrogen and oxygen atoms in total. The lowest BCUT2D eigenvalue weighted by atomic mass is 10.2. The van der Waals surface area contributed by atoms with Crippen LogP contribution < -0.4 is 5.32 Å². The summed E-state index contributed by atoms with van der Waals surface area (Å²) in [7, 11) is 1.97. The smallest absolute Gasteiger partial charge is 0.0360 e. The van der Waals surface area contributed by atoms with E-state index in [9.17, 15) is 0 Å². The maximum absolute atomic E-state index is 3.60. The van der Waals surface area contributed by atoms with Crippen LogP contribution in [0.4, 0.5) is 0 Å².